The van der Waals surface area contributed by atoms with Gasteiger partial charge in [0.05, 0.1) is 6.54 Å². The van der Waals surface area contributed by atoms with Gasteiger partial charge in [-0.05, 0) is 55.3 Å². The van der Waals surface area contributed by atoms with Crippen molar-refractivity contribution in [2.45, 2.75) is 32.4 Å². The van der Waals surface area contributed by atoms with Crippen molar-refractivity contribution in [3.63, 3.8) is 0 Å². The van der Waals surface area contributed by atoms with Gasteiger partial charge in [0.1, 0.15) is 5.82 Å². The van der Waals surface area contributed by atoms with E-state index in [9.17, 15) is 9.18 Å². The minimum absolute atomic E-state index is 0.0327. The molecule has 1 aliphatic rings. The summed E-state index contributed by atoms with van der Waals surface area (Å²) in [6, 6.07) is 14.4. The Morgan fingerprint density at radius 1 is 1.03 bits per heavy atom. The Labute approximate surface area is 177 Å². The van der Waals surface area contributed by atoms with Crippen molar-refractivity contribution >= 4 is 17.6 Å². The minimum atomic E-state index is -0.389. The molecule has 1 aliphatic heterocycles. The van der Waals surface area contributed by atoms with E-state index in [1.54, 1.807) is 19.2 Å². The molecule has 0 unspecified atom stereocenters. The van der Waals surface area contributed by atoms with E-state index in [0.29, 0.717) is 18.2 Å². The molecule has 160 valence electrons. The second-order valence-electron chi connectivity index (χ2n) is 7.49. The number of hydrogen-bond acceptors (Lipinski definition) is 3. The fraction of sp³-hybridized carbons (Fsp3) is 0.391. The van der Waals surface area contributed by atoms with Crippen molar-refractivity contribution < 1.29 is 9.18 Å². The summed E-state index contributed by atoms with van der Waals surface area (Å²) in [6.07, 6.45) is 3.95. The van der Waals surface area contributed by atoms with Crippen LogP contribution in [0.25, 0.3) is 0 Å². The van der Waals surface area contributed by atoms with Crippen molar-refractivity contribution in [2.24, 2.45) is 4.99 Å². The lowest BCUT2D eigenvalue weighted by atomic mass is 10.1. The van der Waals surface area contributed by atoms with Crippen LogP contribution < -0.4 is 16.0 Å². The third kappa shape index (κ3) is 7.15. The Hall–Kier alpha value is -2.93. The van der Waals surface area contributed by atoms with Crippen LogP contribution in [0, 0.1) is 5.82 Å². The summed E-state index contributed by atoms with van der Waals surface area (Å²) in [5.74, 6) is -0.132. The van der Waals surface area contributed by atoms with E-state index in [2.05, 4.69) is 50.1 Å². The molecule has 7 heteroatoms. The molecule has 1 heterocycles. The van der Waals surface area contributed by atoms with E-state index in [-0.39, 0.29) is 18.3 Å². The molecule has 6 nitrogen and oxygen atoms in total. The van der Waals surface area contributed by atoms with Gasteiger partial charge in [0.25, 0.3) is 0 Å². The standard InChI is InChI=1S/C23H30FN5O/c1-25-23(27-16-22(30)28-21-7-5-6-20(24)14-21)26-15-18-8-10-19(11-9-18)17-29-12-3-2-4-13-29/h5-11,14H,2-4,12-13,15-17H2,1H3,(H,28,30)(H2,25,26,27). The molecule has 0 radical (unpaired) electrons. The van der Waals surface area contributed by atoms with Crippen LogP contribution in [0.3, 0.4) is 0 Å². The molecule has 2 aromatic rings. The van der Waals surface area contributed by atoms with Crippen LogP contribution in [0.5, 0.6) is 0 Å². The highest BCUT2D eigenvalue weighted by molar-refractivity contribution is 5.94. The van der Waals surface area contributed by atoms with E-state index < -0.39 is 0 Å². The van der Waals surface area contributed by atoms with Gasteiger partial charge in [-0.15, -0.1) is 0 Å². The van der Waals surface area contributed by atoms with E-state index in [1.807, 2.05) is 0 Å². The summed E-state index contributed by atoms with van der Waals surface area (Å²) in [7, 11) is 1.65. The lowest BCUT2D eigenvalue weighted by Crippen LogP contribution is -2.41. The quantitative estimate of drug-likeness (QED) is 0.484. The molecular formula is C23H30FN5O. The maximum absolute atomic E-state index is 13.2. The maximum Gasteiger partial charge on any atom is 0.243 e. The average molecular weight is 412 g/mol. The molecule has 3 rings (SSSR count). The molecule has 0 bridgehead atoms. The van der Waals surface area contributed by atoms with Crippen LogP contribution in [0.2, 0.25) is 0 Å². The number of carbonyl (C=O) groups excluding carboxylic acids is 1. The lowest BCUT2D eigenvalue weighted by molar-refractivity contribution is -0.115. The molecule has 1 amide bonds. The zero-order valence-corrected chi connectivity index (χ0v) is 17.5. The number of guanidine groups is 1. The van der Waals surface area contributed by atoms with Gasteiger partial charge in [0, 0.05) is 25.8 Å². The largest absolute Gasteiger partial charge is 0.352 e. The van der Waals surface area contributed by atoms with Crippen LogP contribution in [0.4, 0.5) is 10.1 Å². The number of likely N-dealkylation sites (tertiary alicyclic amines) is 1. The van der Waals surface area contributed by atoms with Crippen LogP contribution in [0.15, 0.2) is 53.5 Å². The smallest absolute Gasteiger partial charge is 0.243 e. The van der Waals surface area contributed by atoms with E-state index >= 15 is 0 Å². The molecule has 0 spiro atoms. The Bertz CT molecular complexity index is 847. The molecule has 0 atom stereocenters. The Morgan fingerprint density at radius 3 is 2.47 bits per heavy atom. The molecular weight excluding hydrogens is 381 g/mol. The summed E-state index contributed by atoms with van der Waals surface area (Å²) < 4.78 is 13.2. The van der Waals surface area contributed by atoms with E-state index in [0.717, 1.165) is 12.1 Å². The minimum Gasteiger partial charge on any atom is -0.352 e. The summed E-state index contributed by atoms with van der Waals surface area (Å²) in [5.41, 5.74) is 2.90. The number of rotatable bonds is 7. The predicted octanol–water partition coefficient (Wildman–Crippen LogP) is 3.12. The van der Waals surface area contributed by atoms with Crippen molar-refractivity contribution in [2.75, 3.05) is 32.0 Å². The van der Waals surface area contributed by atoms with E-state index in [1.165, 1.54) is 50.0 Å². The fourth-order valence-corrected chi connectivity index (χ4v) is 3.48. The number of anilines is 1. The van der Waals surface area contributed by atoms with Gasteiger partial charge in [-0.25, -0.2) is 4.39 Å². The van der Waals surface area contributed by atoms with Crippen molar-refractivity contribution in [1.82, 2.24) is 15.5 Å². The van der Waals surface area contributed by atoms with Crippen molar-refractivity contribution in [3.8, 4) is 0 Å². The number of nitrogens with one attached hydrogen (secondary N) is 3. The predicted molar refractivity (Wildman–Crippen MR) is 119 cm³/mol. The van der Waals surface area contributed by atoms with Gasteiger partial charge in [-0.3, -0.25) is 14.7 Å². The normalized spacial score (nSPS) is 14.9. The number of halogens is 1. The average Bonchev–Trinajstić information content (AvgIpc) is 2.76. The Balaban J connectivity index is 1.40. The number of benzene rings is 2. The first-order valence-electron chi connectivity index (χ1n) is 10.4. The summed E-state index contributed by atoms with van der Waals surface area (Å²) >= 11 is 0. The van der Waals surface area contributed by atoms with Crippen LogP contribution >= 0.6 is 0 Å². The SMILES string of the molecule is CN=C(NCC(=O)Nc1cccc(F)c1)NCc1ccc(CN2CCCCC2)cc1. The van der Waals surface area contributed by atoms with Crippen LogP contribution in [-0.4, -0.2) is 43.4 Å². The molecule has 3 N–H and O–H groups in total. The molecule has 30 heavy (non-hydrogen) atoms. The highest BCUT2D eigenvalue weighted by atomic mass is 19.1. The third-order valence-electron chi connectivity index (χ3n) is 5.09. The molecule has 1 fully saturated rings. The molecule has 1 saturated heterocycles. The number of hydrogen-bond donors (Lipinski definition) is 3. The third-order valence-corrected chi connectivity index (χ3v) is 5.09. The summed E-state index contributed by atoms with van der Waals surface area (Å²) in [4.78, 5) is 18.7. The molecule has 0 aliphatic carbocycles. The zero-order chi connectivity index (χ0) is 21.2. The molecule has 0 aromatic heterocycles. The van der Waals surface area contributed by atoms with Gasteiger partial charge in [-0.1, -0.05) is 36.8 Å². The second-order valence-corrected chi connectivity index (χ2v) is 7.49. The Morgan fingerprint density at radius 2 is 1.77 bits per heavy atom. The van der Waals surface area contributed by atoms with Crippen LogP contribution in [-0.2, 0) is 17.9 Å². The number of amides is 1. The first-order valence-corrected chi connectivity index (χ1v) is 10.4. The number of carbonyl (C=O) groups is 1. The van der Waals surface area contributed by atoms with Crippen LogP contribution in [0.1, 0.15) is 30.4 Å². The molecule has 2 aromatic carbocycles. The van der Waals surface area contributed by atoms with E-state index in [4.69, 9.17) is 0 Å². The fourth-order valence-electron chi connectivity index (χ4n) is 3.48. The number of aliphatic imine (C=N–C) groups is 1. The second kappa shape index (κ2) is 11.3. The monoisotopic (exact) mass is 411 g/mol. The summed E-state index contributed by atoms with van der Waals surface area (Å²) in [6.45, 7) is 4.04. The number of piperidine rings is 1. The van der Waals surface area contributed by atoms with Gasteiger partial charge < -0.3 is 16.0 Å². The first kappa shape index (κ1) is 21.8. The highest BCUT2D eigenvalue weighted by Gasteiger charge is 2.10. The first-order chi connectivity index (χ1) is 14.6. The van der Waals surface area contributed by atoms with Gasteiger partial charge >= 0.3 is 0 Å². The topological polar surface area (TPSA) is 68.8 Å². The Kier molecular flexibility index (Phi) is 8.20. The van der Waals surface area contributed by atoms with Crippen molar-refractivity contribution in [1.29, 1.82) is 0 Å². The summed E-state index contributed by atoms with van der Waals surface area (Å²) in [5, 5.41) is 8.82. The molecule has 0 saturated carbocycles. The highest BCUT2D eigenvalue weighted by Crippen LogP contribution is 2.13. The zero-order valence-electron chi connectivity index (χ0n) is 17.5. The lowest BCUT2D eigenvalue weighted by Gasteiger charge is -2.26. The number of nitrogens with zero attached hydrogens (tertiary/aromatic N) is 2. The van der Waals surface area contributed by atoms with Gasteiger partial charge in [0.15, 0.2) is 5.96 Å². The maximum atomic E-state index is 13.2. The van der Waals surface area contributed by atoms with Gasteiger partial charge in [-0.2, -0.15) is 0 Å². The van der Waals surface area contributed by atoms with Crippen molar-refractivity contribution in [3.05, 3.63) is 65.5 Å². The van der Waals surface area contributed by atoms with Gasteiger partial charge in [0.2, 0.25) is 5.91 Å².